The molecule has 2 N–H and O–H groups in total. The van der Waals surface area contributed by atoms with Crippen LogP contribution in [0.5, 0.6) is 0 Å². The van der Waals surface area contributed by atoms with Crippen molar-refractivity contribution < 1.29 is 19.4 Å². The van der Waals surface area contributed by atoms with Gasteiger partial charge in [-0.3, -0.25) is 9.59 Å². The molecule has 0 bridgehead atoms. The lowest BCUT2D eigenvalue weighted by Gasteiger charge is -2.44. The summed E-state index contributed by atoms with van der Waals surface area (Å²) < 4.78 is 5.83. The number of ketones is 2. The van der Waals surface area contributed by atoms with E-state index in [0.717, 1.165) is 5.56 Å². The number of aliphatic hydroxyl groups is 1. The predicted octanol–water partition coefficient (Wildman–Crippen LogP) is 2.65. The van der Waals surface area contributed by atoms with Gasteiger partial charge in [-0.05, 0) is 19.4 Å². The summed E-state index contributed by atoms with van der Waals surface area (Å²) in [7, 11) is 0. The number of ether oxygens (including phenoxy) is 1. The summed E-state index contributed by atoms with van der Waals surface area (Å²) >= 11 is 0. The van der Waals surface area contributed by atoms with E-state index in [-0.39, 0.29) is 22.9 Å². The molecule has 5 heteroatoms. The number of rotatable bonds is 3. The van der Waals surface area contributed by atoms with Crippen LogP contribution < -0.4 is 5.32 Å². The highest BCUT2D eigenvalue weighted by Gasteiger charge is 2.50. The second kappa shape index (κ2) is 6.44. The molecular weight excluding hydrogens is 342 g/mol. The number of hydrogen-bond acceptors (Lipinski definition) is 5. The minimum absolute atomic E-state index is 0.0413. The molecular formula is C22H21NO4. The van der Waals surface area contributed by atoms with E-state index in [2.05, 4.69) is 5.32 Å². The summed E-state index contributed by atoms with van der Waals surface area (Å²) in [5.41, 5.74) is 0.918. The van der Waals surface area contributed by atoms with Gasteiger partial charge < -0.3 is 15.2 Å². The van der Waals surface area contributed by atoms with Crippen LogP contribution in [0.4, 0.5) is 0 Å². The monoisotopic (exact) mass is 363 g/mol. The van der Waals surface area contributed by atoms with Crippen LogP contribution in [0.25, 0.3) is 0 Å². The first-order valence-corrected chi connectivity index (χ1v) is 8.97. The van der Waals surface area contributed by atoms with E-state index in [0.29, 0.717) is 17.7 Å². The third-order valence-electron chi connectivity index (χ3n) is 5.18. The molecule has 1 heterocycles. The maximum absolute atomic E-state index is 13.1. The first kappa shape index (κ1) is 17.6. The second-order valence-electron chi connectivity index (χ2n) is 7.44. The molecule has 2 aromatic carbocycles. The molecule has 0 aromatic heterocycles. The largest absolute Gasteiger partial charge is 0.480 e. The number of aliphatic hydroxyl groups excluding tert-OH is 1. The molecule has 0 unspecified atom stereocenters. The zero-order valence-corrected chi connectivity index (χ0v) is 15.2. The van der Waals surface area contributed by atoms with Crippen molar-refractivity contribution >= 4 is 11.6 Å². The van der Waals surface area contributed by atoms with Gasteiger partial charge in [0.1, 0.15) is 11.7 Å². The summed E-state index contributed by atoms with van der Waals surface area (Å²) in [4.78, 5) is 26.1. The molecule has 2 atom stereocenters. The van der Waals surface area contributed by atoms with Gasteiger partial charge in [-0.15, -0.1) is 0 Å². The van der Waals surface area contributed by atoms with Gasteiger partial charge in [-0.2, -0.15) is 0 Å². The highest BCUT2D eigenvalue weighted by Crippen LogP contribution is 2.38. The SMILES string of the molecule is CC1(C)OC2=C(C(=O)c3ccccc3C2=O)[C@H](NCc2ccccc2)[C@H]1O. The average molecular weight is 363 g/mol. The van der Waals surface area contributed by atoms with Crippen LogP contribution in [0.2, 0.25) is 0 Å². The van der Waals surface area contributed by atoms with E-state index in [9.17, 15) is 14.7 Å². The Kier molecular flexibility index (Phi) is 4.21. The summed E-state index contributed by atoms with van der Waals surface area (Å²) in [6.45, 7) is 3.90. The van der Waals surface area contributed by atoms with E-state index in [1.54, 1.807) is 38.1 Å². The lowest BCUT2D eigenvalue weighted by atomic mass is 9.78. The van der Waals surface area contributed by atoms with Crippen molar-refractivity contribution in [1.82, 2.24) is 5.32 Å². The molecule has 0 radical (unpaired) electrons. The molecule has 0 saturated heterocycles. The average Bonchev–Trinajstić information content (AvgIpc) is 2.67. The Balaban J connectivity index is 1.76. The Morgan fingerprint density at radius 2 is 1.56 bits per heavy atom. The van der Waals surface area contributed by atoms with Gasteiger partial charge in [0.25, 0.3) is 0 Å². The fourth-order valence-electron chi connectivity index (χ4n) is 3.68. The minimum atomic E-state index is -1.00. The van der Waals surface area contributed by atoms with Gasteiger partial charge in [0.2, 0.25) is 5.78 Å². The zero-order valence-electron chi connectivity index (χ0n) is 15.2. The van der Waals surface area contributed by atoms with Crippen molar-refractivity contribution in [3.63, 3.8) is 0 Å². The van der Waals surface area contributed by atoms with Gasteiger partial charge in [0.15, 0.2) is 11.5 Å². The molecule has 1 aliphatic heterocycles. The van der Waals surface area contributed by atoms with Crippen LogP contribution in [0.3, 0.4) is 0 Å². The summed E-state index contributed by atoms with van der Waals surface area (Å²) in [6.07, 6.45) is -0.984. The fraction of sp³-hybridized carbons (Fsp3) is 0.273. The zero-order chi connectivity index (χ0) is 19.2. The Bertz CT molecular complexity index is 946. The number of allylic oxidation sites excluding steroid dienone is 1. The lowest BCUT2D eigenvalue weighted by molar-refractivity contribution is -0.0923. The Hall–Kier alpha value is -2.76. The smallest absolute Gasteiger partial charge is 0.228 e. The van der Waals surface area contributed by atoms with Gasteiger partial charge >= 0.3 is 0 Å². The third-order valence-corrected chi connectivity index (χ3v) is 5.18. The third kappa shape index (κ3) is 2.89. The van der Waals surface area contributed by atoms with Crippen LogP contribution in [-0.4, -0.2) is 34.4 Å². The van der Waals surface area contributed by atoms with E-state index < -0.39 is 17.7 Å². The molecule has 0 spiro atoms. The first-order chi connectivity index (χ1) is 12.9. The maximum atomic E-state index is 13.1. The molecule has 0 amide bonds. The topological polar surface area (TPSA) is 75.6 Å². The van der Waals surface area contributed by atoms with Gasteiger partial charge in [-0.25, -0.2) is 0 Å². The molecule has 138 valence electrons. The molecule has 0 fully saturated rings. The molecule has 1 aliphatic carbocycles. The fourth-order valence-corrected chi connectivity index (χ4v) is 3.68. The van der Waals surface area contributed by atoms with Crippen molar-refractivity contribution in [2.45, 2.75) is 38.1 Å². The van der Waals surface area contributed by atoms with Crippen molar-refractivity contribution in [3.8, 4) is 0 Å². The van der Waals surface area contributed by atoms with Crippen molar-refractivity contribution in [1.29, 1.82) is 0 Å². The number of Topliss-reactive ketones (excluding diaryl/α,β-unsaturated/α-hetero) is 2. The van der Waals surface area contributed by atoms with E-state index in [1.165, 1.54) is 0 Å². The lowest BCUT2D eigenvalue weighted by Crippen LogP contribution is -2.58. The number of carbonyl (C=O) groups is 2. The maximum Gasteiger partial charge on any atom is 0.228 e. The molecule has 2 aliphatic rings. The molecule has 5 nitrogen and oxygen atoms in total. The van der Waals surface area contributed by atoms with Gasteiger partial charge in [0, 0.05) is 17.7 Å². The normalized spacial score (nSPS) is 23.5. The quantitative estimate of drug-likeness (QED) is 0.877. The summed E-state index contributed by atoms with van der Waals surface area (Å²) in [5.74, 6) is -0.549. The number of benzene rings is 2. The number of nitrogens with one attached hydrogen (secondary N) is 1. The van der Waals surface area contributed by atoms with E-state index in [1.807, 2.05) is 30.3 Å². The highest BCUT2D eigenvalue weighted by molar-refractivity contribution is 6.26. The van der Waals surface area contributed by atoms with Crippen LogP contribution in [0.15, 0.2) is 65.9 Å². The van der Waals surface area contributed by atoms with E-state index >= 15 is 0 Å². The summed E-state index contributed by atoms with van der Waals surface area (Å²) in [5, 5.41) is 14.1. The Morgan fingerprint density at radius 1 is 0.963 bits per heavy atom. The predicted molar refractivity (Wildman–Crippen MR) is 100 cm³/mol. The van der Waals surface area contributed by atoms with Crippen LogP contribution >= 0.6 is 0 Å². The van der Waals surface area contributed by atoms with Crippen LogP contribution in [-0.2, 0) is 11.3 Å². The molecule has 0 saturated carbocycles. The van der Waals surface area contributed by atoms with Crippen molar-refractivity contribution in [2.75, 3.05) is 0 Å². The summed E-state index contributed by atoms with van der Waals surface area (Å²) in [6, 6.07) is 15.7. The van der Waals surface area contributed by atoms with Gasteiger partial charge in [-0.1, -0.05) is 54.6 Å². The number of fused-ring (bicyclic) bond motifs is 1. The second-order valence-corrected chi connectivity index (χ2v) is 7.44. The van der Waals surface area contributed by atoms with E-state index in [4.69, 9.17) is 4.74 Å². The number of hydrogen-bond donors (Lipinski definition) is 2. The van der Waals surface area contributed by atoms with Gasteiger partial charge in [0.05, 0.1) is 11.6 Å². The van der Waals surface area contributed by atoms with Crippen LogP contribution in [0, 0.1) is 0 Å². The molecule has 2 aromatic rings. The highest BCUT2D eigenvalue weighted by atomic mass is 16.5. The Morgan fingerprint density at radius 3 is 2.22 bits per heavy atom. The first-order valence-electron chi connectivity index (χ1n) is 8.97. The minimum Gasteiger partial charge on any atom is -0.480 e. The standard InChI is InChI=1S/C22H21NO4/c1-22(2)21(26)17(23-12-13-8-4-3-5-9-13)16-18(24)14-10-6-7-11-15(14)19(25)20(16)27-22/h3-11,17,21,23,26H,12H2,1-2H3/t17-,21+/m0/s1. The van der Waals surface area contributed by atoms with Crippen molar-refractivity contribution in [2.24, 2.45) is 0 Å². The van der Waals surface area contributed by atoms with Crippen molar-refractivity contribution in [3.05, 3.63) is 82.6 Å². The molecule has 27 heavy (non-hydrogen) atoms. The van der Waals surface area contributed by atoms with Crippen LogP contribution in [0.1, 0.15) is 40.1 Å². The number of carbonyl (C=O) groups excluding carboxylic acids is 2. The molecule has 4 rings (SSSR count). The Labute approximate surface area is 157 Å².